The van der Waals surface area contributed by atoms with Crippen molar-refractivity contribution in [3.05, 3.63) is 0 Å². The number of rotatable bonds is 6. The van der Waals surface area contributed by atoms with E-state index < -0.39 is 5.97 Å². The van der Waals surface area contributed by atoms with Gasteiger partial charge >= 0.3 is 32.2 Å². The summed E-state index contributed by atoms with van der Waals surface area (Å²) in [5.41, 5.74) is 0. The van der Waals surface area contributed by atoms with Crippen LogP contribution in [0, 0.1) is 5.92 Å². The standard InChI is InChI=1S/C9H18O2.Bi.3H/c1-3-5-6-8(4-2)7-9(10)11;;;;/h8H,3-7H2,1-2H3,(H,10,11);;;;. The summed E-state index contributed by atoms with van der Waals surface area (Å²) in [5.74, 6) is -0.264. The number of hydrogen-bond acceptors (Lipinski definition) is 1. The minimum absolute atomic E-state index is 0. The van der Waals surface area contributed by atoms with Crippen molar-refractivity contribution in [3.8, 4) is 0 Å². The van der Waals surface area contributed by atoms with Crippen LogP contribution >= 0.6 is 0 Å². The summed E-state index contributed by atoms with van der Waals surface area (Å²) in [4.78, 5) is 10.3. The molecule has 1 atom stereocenters. The van der Waals surface area contributed by atoms with Gasteiger partial charge in [-0.25, -0.2) is 0 Å². The molecular formula is C9H21BiO2. The van der Waals surface area contributed by atoms with E-state index in [4.69, 9.17) is 5.11 Å². The normalized spacial score (nSPS) is 11.8. The second-order valence-corrected chi connectivity index (χ2v) is 3.01. The van der Waals surface area contributed by atoms with Gasteiger partial charge in [-0.1, -0.05) is 33.1 Å². The molecule has 0 rings (SSSR count). The number of hydrogen-bond donors (Lipinski definition) is 1. The van der Waals surface area contributed by atoms with E-state index in [0.717, 1.165) is 25.7 Å². The van der Waals surface area contributed by atoms with Gasteiger partial charge in [0.15, 0.2) is 0 Å². The summed E-state index contributed by atoms with van der Waals surface area (Å²) in [6.07, 6.45) is 4.73. The van der Waals surface area contributed by atoms with Crippen LogP contribution in [0.4, 0.5) is 0 Å². The molecule has 2 nitrogen and oxygen atoms in total. The molecule has 0 heterocycles. The van der Waals surface area contributed by atoms with E-state index in [-0.39, 0.29) is 26.2 Å². The molecule has 0 aliphatic rings. The molecule has 0 aliphatic heterocycles. The van der Waals surface area contributed by atoms with E-state index >= 15 is 0 Å². The van der Waals surface area contributed by atoms with Gasteiger partial charge in [-0.05, 0) is 12.3 Å². The zero-order valence-corrected chi connectivity index (χ0v) is 13.7. The Morgan fingerprint density at radius 2 is 2.00 bits per heavy atom. The van der Waals surface area contributed by atoms with Gasteiger partial charge in [0.25, 0.3) is 0 Å². The quantitative estimate of drug-likeness (QED) is 0.720. The Morgan fingerprint density at radius 3 is 2.33 bits per heavy atom. The van der Waals surface area contributed by atoms with Crippen LogP contribution in [0.5, 0.6) is 0 Å². The predicted molar refractivity (Wildman–Crippen MR) is 55.5 cm³/mol. The summed E-state index contributed by atoms with van der Waals surface area (Å²) >= 11 is 0. The van der Waals surface area contributed by atoms with Gasteiger partial charge in [-0.3, -0.25) is 4.79 Å². The number of unbranched alkanes of at least 4 members (excludes halogenated alkanes) is 1. The van der Waals surface area contributed by atoms with Crippen molar-refractivity contribution < 1.29 is 9.90 Å². The van der Waals surface area contributed by atoms with Crippen molar-refractivity contribution in [3.63, 3.8) is 0 Å². The molecule has 0 aromatic rings. The molecule has 0 spiro atoms. The van der Waals surface area contributed by atoms with Crippen molar-refractivity contribution in [2.45, 2.75) is 46.0 Å². The van der Waals surface area contributed by atoms with Crippen LogP contribution in [0.25, 0.3) is 0 Å². The molecule has 0 fully saturated rings. The molecule has 0 bridgehead atoms. The Morgan fingerprint density at radius 1 is 1.42 bits per heavy atom. The molecule has 0 radical (unpaired) electrons. The van der Waals surface area contributed by atoms with Crippen LogP contribution in [-0.2, 0) is 4.79 Å². The fraction of sp³-hybridized carbons (Fsp3) is 0.889. The maximum absolute atomic E-state index is 10.3. The molecule has 0 saturated carbocycles. The summed E-state index contributed by atoms with van der Waals surface area (Å²) in [6, 6.07) is 0. The average Bonchev–Trinajstić information content (AvgIpc) is 1.97. The molecule has 0 amide bonds. The van der Waals surface area contributed by atoms with E-state index in [1.54, 1.807) is 0 Å². The second kappa shape index (κ2) is 9.44. The topological polar surface area (TPSA) is 37.3 Å². The van der Waals surface area contributed by atoms with Gasteiger partial charge in [0.1, 0.15) is 0 Å². The third kappa shape index (κ3) is 8.45. The van der Waals surface area contributed by atoms with Crippen LogP contribution in [0.1, 0.15) is 46.0 Å². The van der Waals surface area contributed by atoms with Gasteiger partial charge in [-0.2, -0.15) is 0 Å². The van der Waals surface area contributed by atoms with E-state index in [2.05, 4.69) is 13.8 Å². The molecule has 12 heavy (non-hydrogen) atoms. The molecule has 1 N–H and O–H groups in total. The SMILES string of the molecule is CCCCC(CC)CC(=O)O.[BiH3]. The Labute approximate surface area is 93.9 Å². The van der Waals surface area contributed by atoms with Crippen LogP contribution in [0.15, 0.2) is 0 Å². The van der Waals surface area contributed by atoms with E-state index in [0.29, 0.717) is 12.3 Å². The van der Waals surface area contributed by atoms with Crippen molar-refractivity contribution in [1.29, 1.82) is 0 Å². The Balaban J connectivity index is 0. The molecule has 74 valence electrons. The summed E-state index contributed by atoms with van der Waals surface area (Å²) < 4.78 is 0. The molecule has 0 aromatic heterocycles. The van der Waals surface area contributed by atoms with Crippen molar-refractivity contribution in [2.24, 2.45) is 5.92 Å². The third-order valence-corrected chi connectivity index (χ3v) is 2.01. The Kier molecular flexibility index (Phi) is 11.7. The van der Waals surface area contributed by atoms with Gasteiger partial charge in [0.05, 0.1) is 0 Å². The van der Waals surface area contributed by atoms with E-state index in [1.807, 2.05) is 0 Å². The minimum atomic E-state index is -0.659. The zero-order chi connectivity index (χ0) is 8.69. The Bertz CT molecular complexity index is 115. The molecule has 0 saturated heterocycles. The first-order valence-electron chi connectivity index (χ1n) is 4.42. The van der Waals surface area contributed by atoms with E-state index in [9.17, 15) is 4.79 Å². The van der Waals surface area contributed by atoms with Crippen LogP contribution in [-0.4, -0.2) is 37.3 Å². The van der Waals surface area contributed by atoms with Gasteiger partial charge in [0, 0.05) is 6.42 Å². The number of carboxylic acids is 1. The van der Waals surface area contributed by atoms with Gasteiger partial charge < -0.3 is 5.11 Å². The molecule has 0 aliphatic carbocycles. The van der Waals surface area contributed by atoms with Crippen molar-refractivity contribution >= 4 is 32.2 Å². The first-order valence-corrected chi connectivity index (χ1v) is 4.42. The van der Waals surface area contributed by atoms with Gasteiger partial charge in [0.2, 0.25) is 0 Å². The number of carboxylic acid groups (broad SMARTS) is 1. The third-order valence-electron chi connectivity index (χ3n) is 2.01. The summed E-state index contributed by atoms with van der Waals surface area (Å²) in [5, 5.41) is 8.51. The van der Waals surface area contributed by atoms with Crippen LogP contribution in [0.3, 0.4) is 0 Å². The van der Waals surface area contributed by atoms with E-state index in [1.165, 1.54) is 0 Å². The molecule has 1 unspecified atom stereocenters. The van der Waals surface area contributed by atoms with Crippen molar-refractivity contribution in [2.75, 3.05) is 0 Å². The number of aliphatic carboxylic acids is 1. The monoisotopic (exact) mass is 370 g/mol. The molecule has 0 aromatic carbocycles. The number of carbonyl (C=O) groups is 1. The van der Waals surface area contributed by atoms with Gasteiger partial charge in [-0.15, -0.1) is 0 Å². The first-order chi connectivity index (χ1) is 5.20. The fourth-order valence-corrected chi connectivity index (χ4v) is 1.19. The zero-order valence-electron chi connectivity index (χ0n) is 8.18. The second-order valence-electron chi connectivity index (χ2n) is 3.01. The van der Waals surface area contributed by atoms with Crippen LogP contribution < -0.4 is 0 Å². The van der Waals surface area contributed by atoms with Crippen LogP contribution in [0.2, 0.25) is 0 Å². The first kappa shape index (κ1) is 14.9. The molecular weight excluding hydrogens is 349 g/mol. The molecule has 3 heteroatoms. The summed E-state index contributed by atoms with van der Waals surface area (Å²) in [6.45, 7) is 4.19. The maximum atomic E-state index is 10.3. The fourth-order valence-electron chi connectivity index (χ4n) is 1.19. The Hall–Kier alpha value is 0.353. The summed E-state index contributed by atoms with van der Waals surface area (Å²) in [7, 11) is 0. The predicted octanol–water partition coefficient (Wildman–Crippen LogP) is 1.49. The van der Waals surface area contributed by atoms with Crippen molar-refractivity contribution in [1.82, 2.24) is 0 Å². The average molecular weight is 370 g/mol.